The molecule has 0 amide bonds. The van der Waals surface area contributed by atoms with Crippen LogP contribution in [0.1, 0.15) is 31.7 Å². The van der Waals surface area contributed by atoms with Crippen LogP contribution < -0.4 is 0 Å². The van der Waals surface area contributed by atoms with Crippen molar-refractivity contribution in [3.63, 3.8) is 0 Å². The van der Waals surface area contributed by atoms with Gasteiger partial charge in [0.2, 0.25) is 0 Å². The van der Waals surface area contributed by atoms with Gasteiger partial charge in [-0.3, -0.25) is 0 Å². The minimum absolute atomic E-state index is 0.218. The predicted molar refractivity (Wildman–Crippen MR) is 77.0 cm³/mol. The summed E-state index contributed by atoms with van der Waals surface area (Å²) in [5, 5.41) is 11.0. The van der Waals surface area contributed by atoms with Crippen LogP contribution in [-0.2, 0) is 10.0 Å². The first-order valence-electron chi connectivity index (χ1n) is 6.91. The molecule has 0 aromatic heterocycles. The molecule has 0 spiro atoms. The third-order valence-corrected chi connectivity index (χ3v) is 6.10. The predicted octanol–water partition coefficient (Wildman–Crippen LogP) is 3.67. The van der Waals surface area contributed by atoms with E-state index in [1.54, 1.807) is 0 Å². The molecule has 1 N–H and O–H groups in total. The van der Waals surface area contributed by atoms with Gasteiger partial charge in [0.25, 0.3) is 0 Å². The highest BCUT2D eigenvalue weighted by atomic mass is 28.4. The minimum Gasteiger partial charge on any atom is -0.414 e. The maximum atomic E-state index is 11.0. The second-order valence-corrected chi connectivity index (χ2v) is 10.2. The SMILES string of the molecule is CCC[C@H]1C[C@@](O)(c2ccccc2)C[Si](C)(C)O1. The standard InChI is InChI=1S/C15H24O2Si/c1-4-8-14-11-15(16,12-18(2,3)17-14)13-9-6-5-7-10-13/h5-7,9-10,14,16H,4,8,11-12H2,1-3H3/t14-,15-/m0/s1. The summed E-state index contributed by atoms with van der Waals surface area (Å²) in [6.07, 6.45) is 3.11. The summed E-state index contributed by atoms with van der Waals surface area (Å²) in [4.78, 5) is 0. The molecule has 3 heteroatoms. The Kier molecular flexibility index (Phi) is 3.95. The lowest BCUT2D eigenvalue weighted by Gasteiger charge is -2.45. The van der Waals surface area contributed by atoms with Gasteiger partial charge in [-0.1, -0.05) is 43.7 Å². The van der Waals surface area contributed by atoms with Crippen LogP contribution in [-0.4, -0.2) is 19.5 Å². The highest BCUT2D eigenvalue weighted by Crippen LogP contribution is 2.42. The second kappa shape index (κ2) is 5.15. The van der Waals surface area contributed by atoms with Crippen LogP contribution in [0.15, 0.2) is 30.3 Å². The molecule has 1 aliphatic heterocycles. The van der Waals surface area contributed by atoms with Gasteiger partial charge in [0.1, 0.15) is 0 Å². The van der Waals surface area contributed by atoms with Crippen LogP contribution in [0.25, 0.3) is 0 Å². The molecule has 100 valence electrons. The monoisotopic (exact) mass is 264 g/mol. The van der Waals surface area contributed by atoms with Crippen LogP contribution >= 0.6 is 0 Å². The molecule has 1 heterocycles. The van der Waals surface area contributed by atoms with E-state index < -0.39 is 13.9 Å². The summed E-state index contributed by atoms with van der Waals surface area (Å²) in [6.45, 7) is 6.60. The van der Waals surface area contributed by atoms with Crippen LogP contribution in [0.4, 0.5) is 0 Å². The molecule has 0 unspecified atom stereocenters. The van der Waals surface area contributed by atoms with Gasteiger partial charge in [0.05, 0.1) is 5.60 Å². The Morgan fingerprint density at radius 2 is 2.00 bits per heavy atom. The Bertz CT molecular complexity index is 391. The smallest absolute Gasteiger partial charge is 0.190 e. The van der Waals surface area contributed by atoms with Crippen molar-refractivity contribution in [1.82, 2.24) is 0 Å². The zero-order valence-corrected chi connectivity index (χ0v) is 12.6. The first-order valence-corrected chi connectivity index (χ1v) is 10.0. The van der Waals surface area contributed by atoms with E-state index in [2.05, 4.69) is 20.0 Å². The summed E-state index contributed by atoms with van der Waals surface area (Å²) in [5.74, 6) is 0. The van der Waals surface area contributed by atoms with Crippen molar-refractivity contribution in [3.8, 4) is 0 Å². The Balaban J connectivity index is 2.26. The molecule has 1 aliphatic rings. The van der Waals surface area contributed by atoms with Crippen LogP contribution in [0, 0.1) is 0 Å². The summed E-state index contributed by atoms with van der Waals surface area (Å²) in [6, 6.07) is 10.9. The molecule has 0 bridgehead atoms. The number of benzene rings is 1. The Hall–Kier alpha value is -0.643. The fourth-order valence-corrected chi connectivity index (χ4v) is 6.08. The first kappa shape index (κ1) is 13.8. The van der Waals surface area contributed by atoms with Gasteiger partial charge < -0.3 is 9.53 Å². The van der Waals surface area contributed by atoms with Gasteiger partial charge in [-0.05, 0) is 31.1 Å². The molecule has 1 aromatic carbocycles. The summed E-state index contributed by atoms with van der Waals surface area (Å²) >= 11 is 0. The third kappa shape index (κ3) is 3.02. The molecule has 0 saturated carbocycles. The minimum atomic E-state index is -1.76. The fourth-order valence-electron chi connectivity index (χ4n) is 3.14. The van der Waals surface area contributed by atoms with E-state index in [9.17, 15) is 5.11 Å². The van der Waals surface area contributed by atoms with Crippen LogP contribution in [0.5, 0.6) is 0 Å². The number of rotatable bonds is 3. The van der Waals surface area contributed by atoms with Crippen molar-refractivity contribution < 1.29 is 9.53 Å². The molecule has 0 radical (unpaired) electrons. The maximum absolute atomic E-state index is 11.0. The van der Waals surface area contributed by atoms with Gasteiger partial charge in [-0.25, -0.2) is 0 Å². The molecule has 18 heavy (non-hydrogen) atoms. The lowest BCUT2D eigenvalue weighted by Crippen LogP contribution is -2.50. The van der Waals surface area contributed by atoms with E-state index in [0.29, 0.717) is 0 Å². The van der Waals surface area contributed by atoms with Gasteiger partial charge in [-0.15, -0.1) is 0 Å². The first-order chi connectivity index (χ1) is 8.45. The average molecular weight is 264 g/mol. The Morgan fingerprint density at radius 3 is 2.61 bits per heavy atom. The number of hydrogen-bond acceptors (Lipinski definition) is 2. The second-order valence-electron chi connectivity index (χ2n) is 6.07. The van der Waals surface area contributed by atoms with Crippen molar-refractivity contribution in [3.05, 3.63) is 35.9 Å². The highest BCUT2D eigenvalue weighted by molar-refractivity contribution is 6.71. The molecule has 1 fully saturated rings. The zero-order chi connectivity index (χ0) is 13.2. The molecule has 2 nitrogen and oxygen atoms in total. The lowest BCUT2D eigenvalue weighted by molar-refractivity contribution is -0.0247. The topological polar surface area (TPSA) is 29.5 Å². The quantitative estimate of drug-likeness (QED) is 0.844. The zero-order valence-electron chi connectivity index (χ0n) is 11.6. The molecular weight excluding hydrogens is 240 g/mol. The Labute approximate surface area is 111 Å². The van der Waals surface area contributed by atoms with Gasteiger partial charge in [0, 0.05) is 12.5 Å². The summed E-state index contributed by atoms with van der Waals surface area (Å²) in [5.41, 5.74) is 0.365. The third-order valence-electron chi connectivity index (χ3n) is 3.69. The van der Waals surface area contributed by atoms with E-state index in [-0.39, 0.29) is 6.10 Å². The van der Waals surface area contributed by atoms with Gasteiger partial charge in [-0.2, -0.15) is 0 Å². The van der Waals surface area contributed by atoms with Crippen LogP contribution in [0.3, 0.4) is 0 Å². The molecule has 0 aliphatic carbocycles. The number of aliphatic hydroxyl groups is 1. The van der Waals surface area contributed by atoms with Crippen molar-refractivity contribution in [1.29, 1.82) is 0 Å². The van der Waals surface area contributed by atoms with Crippen LogP contribution in [0.2, 0.25) is 19.1 Å². The van der Waals surface area contributed by atoms with Gasteiger partial charge in [0.15, 0.2) is 8.32 Å². The van der Waals surface area contributed by atoms with E-state index >= 15 is 0 Å². The van der Waals surface area contributed by atoms with E-state index in [1.807, 2.05) is 30.3 Å². The molecule has 2 rings (SSSR count). The molecule has 1 aromatic rings. The average Bonchev–Trinajstić information content (AvgIpc) is 2.28. The maximum Gasteiger partial charge on any atom is 0.190 e. The summed E-state index contributed by atoms with van der Waals surface area (Å²) in [7, 11) is -1.76. The molecule has 1 saturated heterocycles. The summed E-state index contributed by atoms with van der Waals surface area (Å²) < 4.78 is 6.21. The van der Waals surface area contributed by atoms with Gasteiger partial charge >= 0.3 is 0 Å². The Morgan fingerprint density at radius 1 is 1.33 bits per heavy atom. The largest absolute Gasteiger partial charge is 0.414 e. The van der Waals surface area contributed by atoms with Crippen molar-refractivity contribution in [2.45, 2.75) is 57.0 Å². The van der Waals surface area contributed by atoms with Crippen molar-refractivity contribution in [2.75, 3.05) is 0 Å². The number of hydrogen-bond donors (Lipinski definition) is 1. The van der Waals surface area contributed by atoms with Crippen molar-refractivity contribution >= 4 is 8.32 Å². The van der Waals surface area contributed by atoms with E-state index in [0.717, 1.165) is 30.9 Å². The normalized spacial score (nSPS) is 31.2. The molecule has 2 atom stereocenters. The lowest BCUT2D eigenvalue weighted by atomic mass is 9.88. The van der Waals surface area contributed by atoms with E-state index in [4.69, 9.17) is 4.43 Å². The van der Waals surface area contributed by atoms with E-state index in [1.165, 1.54) is 0 Å². The fraction of sp³-hybridized carbons (Fsp3) is 0.600. The highest BCUT2D eigenvalue weighted by Gasteiger charge is 2.45. The van der Waals surface area contributed by atoms with Crippen molar-refractivity contribution in [2.24, 2.45) is 0 Å². The molecular formula is C15H24O2Si.